The Morgan fingerprint density at radius 1 is 1.18 bits per heavy atom. The monoisotopic (exact) mass is 234 g/mol. The van der Waals surface area contributed by atoms with E-state index in [1.807, 2.05) is 0 Å². The van der Waals surface area contributed by atoms with Gasteiger partial charge >= 0.3 is 0 Å². The Hall–Kier alpha value is -1.32. The highest BCUT2D eigenvalue weighted by Crippen LogP contribution is 2.30. The molecule has 0 atom stereocenters. The average Bonchev–Trinajstić information content (AvgIpc) is 2.39. The standard InChI is InChI=1S/C13H22N4/c1-2-10-3-5-11(6-4-10)7-15-13-16-8-12(14)9-17-13/h8-11H,2-7,14H2,1H3,(H,15,16,17). The van der Waals surface area contributed by atoms with Crippen molar-refractivity contribution in [2.45, 2.75) is 39.0 Å². The Morgan fingerprint density at radius 2 is 1.76 bits per heavy atom. The molecule has 0 radical (unpaired) electrons. The molecule has 0 saturated heterocycles. The van der Waals surface area contributed by atoms with Crippen LogP contribution in [0, 0.1) is 11.8 Å². The van der Waals surface area contributed by atoms with Gasteiger partial charge in [-0.15, -0.1) is 0 Å². The second-order valence-electron chi connectivity index (χ2n) is 5.02. The van der Waals surface area contributed by atoms with Gasteiger partial charge in [-0.3, -0.25) is 0 Å². The van der Waals surface area contributed by atoms with Crippen LogP contribution in [0.5, 0.6) is 0 Å². The fourth-order valence-electron chi connectivity index (χ4n) is 2.51. The lowest BCUT2D eigenvalue weighted by molar-refractivity contribution is 0.278. The number of nitrogen functional groups attached to an aromatic ring is 1. The van der Waals surface area contributed by atoms with Crippen molar-refractivity contribution in [3.05, 3.63) is 12.4 Å². The van der Waals surface area contributed by atoms with Gasteiger partial charge in [-0.1, -0.05) is 26.2 Å². The van der Waals surface area contributed by atoms with Crippen LogP contribution in [0.1, 0.15) is 39.0 Å². The smallest absolute Gasteiger partial charge is 0.222 e. The van der Waals surface area contributed by atoms with Gasteiger partial charge in [0, 0.05) is 6.54 Å². The van der Waals surface area contributed by atoms with Crippen LogP contribution in [0.2, 0.25) is 0 Å². The number of aromatic nitrogens is 2. The fourth-order valence-corrected chi connectivity index (χ4v) is 2.51. The van der Waals surface area contributed by atoms with Crippen molar-refractivity contribution in [3.63, 3.8) is 0 Å². The van der Waals surface area contributed by atoms with Gasteiger partial charge in [0.2, 0.25) is 5.95 Å². The van der Waals surface area contributed by atoms with Gasteiger partial charge in [-0.25, -0.2) is 9.97 Å². The lowest BCUT2D eigenvalue weighted by Gasteiger charge is -2.27. The zero-order valence-corrected chi connectivity index (χ0v) is 10.5. The Kier molecular flexibility index (Phi) is 4.18. The third-order valence-electron chi connectivity index (χ3n) is 3.76. The lowest BCUT2D eigenvalue weighted by atomic mass is 9.81. The van der Waals surface area contributed by atoms with Crippen LogP contribution >= 0.6 is 0 Å². The van der Waals surface area contributed by atoms with Crippen LogP contribution in [0.15, 0.2) is 12.4 Å². The Morgan fingerprint density at radius 3 is 2.35 bits per heavy atom. The molecule has 1 aromatic rings. The van der Waals surface area contributed by atoms with E-state index in [1.54, 1.807) is 12.4 Å². The molecule has 1 aliphatic rings. The van der Waals surface area contributed by atoms with E-state index in [2.05, 4.69) is 22.2 Å². The molecule has 4 nitrogen and oxygen atoms in total. The predicted molar refractivity (Wildman–Crippen MR) is 70.7 cm³/mol. The van der Waals surface area contributed by atoms with E-state index in [0.717, 1.165) is 18.4 Å². The molecule has 1 fully saturated rings. The number of anilines is 2. The van der Waals surface area contributed by atoms with Crippen LogP contribution in [0.3, 0.4) is 0 Å². The van der Waals surface area contributed by atoms with Gasteiger partial charge in [0.05, 0.1) is 18.1 Å². The van der Waals surface area contributed by atoms with Crippen molar-refractivity contribution < 1.29 is 0 Å². The zero-order valence-electron chi connectivity index (χ0n) is 10.5. The molecule has 2 rings (SSSR count). The number of hydrogen-bond acceptors (Lipinski definition) is 4. The summed E-state index contributed by atoms with van der Waals surface area (Å²) in [6.45, 7) is 3.28. The maximum absolute atomic E-state index is 5.54. The molecule has 17 heavy (non-hydrogen) atoms. The first-order chi connectivity index (χ1) is 8.28. The third kappa shape index (κ3) is 3.58. The summed E-state index contributed by atoms with van der Waals surface area (Å²) < 4.78 is 0. The van der Waals surface area contributed by atoms with Gasteiger partial charge in [0.15, 0.2) is 0 Å². The molecular formula is C13H22N4. The molecule has 3 N–H and O–H groups in total. The largest absolute Gasteiger partial charge is 0.396 e. The van der Waals surface area contributed by atoms with E-state index in [0.29, 0.717) is 11.6 Å². The first-order valence-electron chi connectivity index (χ1n) is 6.59. The van der Waals surface area contributed by atoms with Crippen molar-refractivity contribution >= 4 is 11.6 Å². The van der Waals surface area contributed by atoms with E-state index in [1.165, 1.54) is 32.1 Å². The van der Waals surface area contributed by atoms with Gasteiger partial charge in [-0.05, 0) is 24.7 Å². The van der Waals surface area contributed by atoms with Gasteiger partial charge < -0.3 is 11.1 Å². The quantitative estimate of drug-likeness (QED) is 0.840. The van der Waals surface area contributed by atoms with E-state index in [9.17, 15) is 0 Å². The Labute approximate surface area is 103 Å². The molecule has 1 aromatic heterocycles. The number of nitrogens with two attached hydrogens (primary N) is 1. The molecule has 0 aliphatic heterocycles. The first-order valence-corrected chi connectivity index (χ1v) is 6.59. The number of hydrogen-bond donors (Lipinski definition) is 2. The highest BCUT2D eigenvalue weighted by molar-refractivity contribution is 5.35. The van der Waals surface area contributed by atoms with Crippen LogP contribution in [-0.4, -0.2) is 16.5 Å². The summed E-state index contributed by atoms with van der Waals surface area (Å²) in [6, 6.07) is 0. The predicted octanol–water partition coefficient (Wildman–Crippen LogP) is 2.69. The summed E-state index contributed by atoms with van der Waals surface area (Å²) >= 11 is 0. The molecular weight excluding hydrogens is 212 g/mol. The van der Waals surface area contributed by atoms with Crippen LogP contribution < -0.4 is 11.1 Å². The fraction of sp³-hybridized carbons (Fsp3) is 0.692. The lowest BCUT2D eigenvalue weighted by Crippen LogP contribution is -2.21. The minimum absolute atomic E-state index is 0.610. The molecule has 1 aliphatic carbocycles. The molecule has 0 unspecified atom stereocenters. The third-order valence-corrected chi connectivity index (χ3v) is 3.76. The van der Waals surface area contributed by atoms with Gasteiger partial charge in [-0.2, -0.15) is 0 Å². The maximum atomic E-state index is 5.54. The summed E-state index contributed by atoms with van der Waals surface area (Å²) in [5, 5.41) is 3.30. The van der Waals surface area contributed by atoms with E-state index >= 15 is 0 Å². The summed E-state index contributed by atoms with van der Waals surface area (Å²) in [6.07, 6.45) is 10.0. The van der Waals surface area contributed by atoms with Crippen LogP contribution in [0.25, 0.3) is 0 Å². The first kappa shape index (κ1) is 12.1. The summed E-state index contributed by atoms with van der Waals surface area (Å²) in [4.78, 5) is 8.29. The normalized spacial score (nSPS) is 24.5. The molecule has 0 spiro atoms. The van der Waals surface area contributed by atoms with Crippen molar-refractivity contribution in [2.75, 3.05) is 17.6 Å². The maximum Gasteiger partial charge on any atom is 0.222 e. The zero-order chi connectivity index (χ0) is 12.1. The topological polar surface area (TPSA) is 63.8 Å². The Bertz CT molecular complexity index is 328. The molecule has 0 bridgehead atoms. The number of rotatable bonds is 4. The molecule has 0 aromatic carbocycles. The second kappa shape index (κ2) is 5.84. The van der Waals surface area contributed by atoms with E-state index in [-0.39, 0.29) is 0 Å². The number of nitrogens with zero attached hydrogens (tertiary/aromatic N) is 2. The van der Waals surface area contributed by atoms with Crippen molar-refractivity contribution in [3.8, 4) is 0 Å². The molecule has 1 saturated carbocycles. The van der Waals surface area contributed by atoms with Crippen molar-refractivity contribution in [1.29, 1.82) is 0 Å². The van der Waals surface area contributed by atoms with Crippen LogP contribution in [-0.2, 0) is 0 Å². The summed E-state index contributed by atoms with van der Waals surface area (Å²) in [5.41, 5.74) is 6.15. The highest BCUT2D eigenvalue weighted by Gasteiger charge is 2.19. The van der Waals surface area contributed by atoms with Gasteiger partial charge in [0.25, 0.3) is 0 Å². The number of nitrogens with one attached hydrogen (secondary N) is 1. The second-order valence-corrected chi connectivity index (χ2v) is 5.02. The minimum atomic E-state index is 0.610. The highest BCUT2D eigenvalue weighted by atomic mass is 15.1. The van der Waals surface area contributed by atoms with Crippen LogP contribution in [0.4, 0.5) is 11.6 Å². The van der Waals surface area contributed by atoms with Gasteiger partial charge in [0.1, 0.15) is 0 Å². The summed E-state index contributed by atoms with van der Waals surface area (Å²) in [5.74, 6) is 2.43. The molecule has 0 amide bonds. The van der Waals surface area contributed by atoms with Crippen molar-refractivity contribution in [1.82, 2.24) is 9.97 Å². The molecule has 1 heterocycles. The molecule has 94 valence electrons. The van der Waals surface area contributed by atoms with Crippen molar-refractivity contribution in [2.24, 2.45) is 11.8 Å². The van der Waals surface area contributed by atoms with E-state index in [4.69, 9.17) is 5.73 Å². The summed E-state index contributed by atoms with van der Waals surface area (Å²) in [7, 11) is 0. The average molecular weight is 234 g/mol. The SMILES string of the molecule is CCC1CCC(CNc2ncc(N)cn2)CC1. The minimum Gasteiger partial charge on any atom is -0.396 e. The Balaban J connectivity index is 1.74. The molecule has 4 heteroatoms. The van der Waals surface area contributed by atoms with E-state index < -0.39 is 0 Å².